The molecule has 1 heterocycles. The van der Waals surface area contributed by atoms with Gasteiger partial charge in [-0.2, -0.15) is 10.2 Å². The number of hydrogen-bond acceptors (Lipinski definition) is 4. The molecular weight excluding hydrogens is 276 g/mol. The van der Waals surface area contributed by atoms with E-state index in [0.717, 1.165) is 5.56 Å². The van der Waals surface area contributed by atoms with Gasteiger partial charge in [0.2, 0.25) is 5.78 Å². The van der Waals surface area contributed by atoms with Crippen molar-refractivity contribution in [2.45, 2.75) is 12.5 Å². The van der Waals surface area contributed by atoms with Crippen LogP contribution in [0.3, 0.4) is 0 Å². The molecule has 2 aromatic rings. The van der Waals surface area contributed by atoms with E-state index in [0.29, 0.717) is 16.7 Å². The molecule has 22 heavy (non-hydrogen) atoms. The molecule has 2 aliphatic rings. The van der Waals surface area contributed by atoms with Crippen molar-refractivity contribution in [3.63, 3.8) is 0 Å². The summed E-state index contributed by atoms with van der Waals surface area (Å²) < 4.78 is 0. The first kappa shape index (κ1) is 12.8. The van der Waals surface area contributed by atoms with Crippen LogP contribution in [0.1, 0.15) is 33.2 Å². The average molecular weight is 288 g/mol. The van der Waals surface area contributed by atoms with E-state index < -0.39 is 5.54 Å². The van der Waals surface area contributed by atoms with E-state index in [9.17, 15) is 9.59 Å². The zero-order chi connectivity index (χ0) is 15.3. The van der Waals surface area contributed by atoms with E-state index in [1.54, 1.807) is 24.3 Å². The Morgan fingerprint density at radius 2 is 1.41 bits per heavy atom. The Morgan fingerprint density at radius 1 is 0.818 bits per heavy atom. The summed E-state index contributed by atoms with van der Waals surface area (Å²) in [6.45, 7) is 1.83. The number of fused-ring (bicyclic) bond motifs is 1. The predicted octanol–water partition coefficient (Wildman–Crippen LogP) is 3.70. The predicted molar refractivity (Wildman–Crippen MR) is 80.8 cm³/mol. The second-order valence-corrected chi connectivity index (χ2v) is 5.57. The molecule has 0 aromatic heterocycles. The van der Waals surface area contributed by atoms with Gasteiger partial charge in [-0.05, 0) is 12.5 Å². The van der Waals surface area contributed by atoms with Crippen molar-refractivity contribution >= 4 is 11.6 Å². The lowest BCUT2D eigenvalue weighted by atomic mass is 9.76. The van der Waals surface area contributed by atoms with Crippen LogP contribution < -0.4 is 0 Å². The van der Waals surface area contributed by atoms with Crippen molar-refractivity contribution in [3.8, 4) is 0 Å². The second-order valence-electron chi connectivity index (χ2n) is 5.57. The first-order valence-electron chi connectivity index (χ1n) is 7.04. The Bertz CT molecular complexity index is 881. The zero-order valence-electron chi connectivity index (χ0n) is 11.9. The second kappa shape index (κ2) is 4.31. The van der Waals surface area contributed by atoms with Crippen LogP contribution in [0.4, 0.5) is 0 Å². The van der Waals surface area contributed by atoms with Crippen molar-refractivity contribution in [1.29, 1.82) is 0 Å². The standard InChI is InChI=1S/C18H12N2O2/c1-18(11-7-3-2-4-8-11)14-15(19-20-18)17(22)13-10-6-5-9-12(13)16(14)21/h2-10H,1H3/t18-/m1/s1. The zero-order valence-corrected chi connectivity index (χ0v) is 11.9. The van der Waals surface area contributed by atoms with Crippen LogP contribution in [0.2, 0.25) is 0 Å². The van der Waals surface area contributed by atoms with Crippen molar-refractivity contribution in [3.05, 3.63) is 82.6 Å². The van der Waals surface area contributed by atoms with E-state index in [1.807, 2.05) is 37.3 Å². The number of hydrogen-bond donors (Lipinski definition) is 0. The lowest BCUT2D eigenvalue weighted by molar-refractivity contribution is 0.0967. The molecule has 0 saturated carbocycles. The number of rotatable bonds is 1. The van der Waals surface area contributed by atoms with E-state index >= 15 is 0 Å². The van der Waals surface area contributed by atoms with Gasteiger partial charge in [0.25, 0.3) is 0 Å². The van der Waals surface area contributed by atoms with E-state index in [2.05, 4.69) is 10.2 Å². The summed E-state index contributed by atoms with van der Waals surface area (Å²) in [6.07, 6.45) is 0. The number of azo groups is 1. The van der Waals surface area contributed by atoms with Gasteiger partial charge in [0, 0.05) is 11.1 Å². The van der Waals surface area contributed by atoms with Crippen LogP contribution in [0.5, 0.6) is 0 Å². The molecule has 2 aromatic carbocycles. The van der Waals surface area contributed by atoms with Crippen LogP contribution >= 0.6 is 0 Å². The normalized spacial score (nSPS) is 22.8. The van der Waals surface area contributed by atoms with E-state index in [4.69, 9.17) is 0 Å². The Hall–Kier alpha value is -2.88. The molecule has 0 spiro atoms. The number of allylic oxidation sites excluding steroid dienone is 1. The number of benzene rings is 2. The highest BCUT2D eigenvalue weighted by Crippen LogP contribution is 2.45. The molecular formula is C18H12N2O2. The third-order valence-corrected chi connectivity index (χ3v) is 4.27. The van der Waals surface area contributed by atoms with Crippen LogP contribution in [0, 0.1) is 0 Å². The Balaban J connectivity index is 1.95. The maximum atomic E-state index is 12.9. The molecule has 4 nitrogen and oxygen atoms in total. The first-order valence-corrected chi connectivity index (χ1v) is 7.04. The summed E-state index contributed by atoms with van der Waals surface area (Å²) in [5, 5.41) is 8.33. The molecule has 0 amide bonds. The van der Waals surface area contributed by atoms with Gasteiger partial charge in [-0.3, -0.25) is 9.59 Å². The van der Waals surface area contributed by atoms with Crippen molar-refractivity contribution in [2.75, 3.05) is 0 Å². The molecule has 0 fully saturated rings. The van der Waals surface area contributed by atoms with Crippen molar-refractivity contribution in [2.24, 2.45) is 10.2 Å². The topological polar surface area (TPSA) is 58.9 Å². The lowest BCUT2D eigenvalue weighted by Crippen LogP contribution is -2.30. The lowest BCUT2D eigenvalue weighted by Gasteiger charge is -2.25. The SMILES string of the molecule is C[C@]1(c2ccccc2)N=NC2=C1C(=O)c1ccccc1C2=O. The fourth-order valence-electron chi connectivity index (χ4n) is 3.07. The minimum atomic E-state index is -0.906. The molecule has 106 valence electrons. The molecule has 0 unspecified atom stereocenters. The number of ketones is 2. The summed E-state index contributed by atoms with van der Waals surface area (Å²) >= 11 is 0. The first-order chi connectivity index (χ1) is 10.6. The number of carbonyl (C=O) groups is 2. The van der Waals surface area contributed by atoms with Gasteiger partial charge in [0.15, 0.2) is 5.78 Å². The highest BCUT2D eigenvalue weighted by atomic mass is 16.1. The maximum absolute atomic E-state index is 12.9. The minimum Gasteiger partial charge on any atom is -0.289 e. The van der Waals surface area contributed by atoms with Crippen LogP contribution in [0.25, 0.3) is 0 Å². The third-order valence-electron chi connectivity index (χ3n) is 4.27. The number of nitrogens with zero attached hydrogens (tertiary/aromatic N) is 2. The monoisotopic (exact) mass is 288 g/mol. The Morgan fingerprint density at radius 3 is 2.09 bits per heavy atom. The smallest absolute Gasteiger partial charge is 0.214 e. The molecule has 0 bridgehead atoms. The van der Waals surface area contributed by atoms with Gasteiger partial charge in [-0.15, -0.1) is 0 Å². The summed E-state index contributed by atoms with van der Waals surface area (Å²) in [6, 6.07) is 16.3. The summed E-state index contributed by atoms with van der Waals surface area (Å²) in [5.41, 5.74) is 1.33. The average Bonchev–Trinajstić information content (AvgIpc) is 2.93. The molecule has 4 heteroatoms. The van der Waals surface area contributed by atoms with Gasteiger partial charge in [0.1, 0.15) is 11.2 Å². The fraction of sp³-hybridized carbons (Fsp3) is 0.111. The molecule has 0 N–H and O–H groups in total. The summed E-state index contributed by atoms with van der Waals surface area (Å²) in [7, 11) is 0. The minimum absolute atomic E-state index is 0.165. The van der Waals surface area contributed by atoms with Crippen LogP contribution in [-0.4, -0.2) is 11.6 Å². The number of Topliss-reactive ketones (excluding diaryl/α,β-unsaturated/α-hetero) is 2. The molecule has 1 aliphatic carbocycles. The quantitative estimate of drug-likeness (QED) is 0.803. The molecule has 4 rings (SSSR count). The Kier molecular flexibility index (Phi) is 2.51. The molecule has 0 radical (unpaired) electrons. The highest BCUT2D eigenvalue weighted by molar-refractivity contribution is 6.27. The van der Waals surface area contributed by atoms with Gasteiger partial charge in [-0.25, -0.2) is 0 Å². The maximum Gasteiger partial charge on any atom is 0.214 e. The summed E-state index contributed by atoms with van der Waals surface area (Å²) in [4.78, 5) is 25.5. The van der Waals surface area contributed by atoms with Crippen molar-refractivity contribution < 1.29 is 9.59 Å². The van der Waals surface area contributed by atoms with Crippen LogP contribution in [-0.2, 0) is 5.54 Å². The van der Waals surface area contributed by atoms with Gasteiger partial charge in [0.05, 0.1) is 5.57 Å². The van der Waals surface area contributed by atoms with E-state index in [1.165, 1.54) is 0 Å². The van der Waals surface area contributed by atoms with Gasteiger partial charge in [-0.1, -0.05) is 54.6 Å². The Labute approximate surface area is 127 Å². The largest absolute Gasteiger partial charge is 0.289 e. The molecule has 1 atom stereocenters. The van der Waals surface area contributed by atoms with Gasteiger partial charge < -0.3 is 0 Å². The molecule has 1 aliphatic heterocycles. The van der Waals surface area contributed by atoms with E-state index in [-0.39, 0.29) is 17.3 Å². The summed E-state index contributed by atoms with van der Waals surface area (Å²) in [5.74, 6) is -0.393. The number of carbonyl (C=O) groups excluding carboxylic acids is 2. The van der Waals surface area contributed by atoms with Gasteiger partial charge >= 0.3 is 0 Å². The van der Waals surface area contributed by atoms with Crippen LogP contribution in [0.15, 0.2) is 76.1 Å². The third kappa shape index (κ3) is 1.52. The van der Waals surface area contributed by atoms with Crippen molar-refractivity contribution in [1.82, 2.24) is 0 Å². The fourth-order valence-corrected chi connectivity index (χ4v) is 3.07. The molecule has 0 saturated heterocycles. The highest BCUT2D eigenvalue weighted by Gasteiger charge is 2.47.